The van der Waals surface area contributed by atoms with Gasteiger partial charge in [-0.3, -0.25) is 4.79 Å². The molecule has 152 valence electrons. The van der Waals surface area contributed by atoms with Crippen molar-refractivity contribution in [1.29, 1.82) is 0 Å². The molecule has 0 saturated heterocycles. The van der Waals surface area contributed by atoms with Crippen molar-refractivity contribution in [2.75, 3.05) is 0 Å². The topological polar surface area (TPSA) is 26.3 Å². The third-order valence-electron chi connectivity index (χ3n) is 5.97. The van der Waals surface area contributed by atoms with Crippen LogP contribution < -0.4 is 4.74 Å². The summed E-state index contributed by atoms with van der Waals surface area (Å²) in [7, 11) is 0. The van der Waals surface area contributed by atoms with E-state index in [2.05, 4.69) is 6.92 Å². The van der Waals surface area contributed by atoms with Crippen LogP contribution >= 0.6 is 0 Å². The Kier molecular flexibility index (Phi) is 7.41. The van der Waals surface area contributed by atoms with Crippen LogP contribution in [-0.4, -0.2) is 5.97 Å². The van der Waals surface area contributed by atoms with Gasteiger partial charge in [0.1, 0.15) is 5.75 Å². The van der Waals surface area contributed by atoms with Gasteiger partial charge in [-0.2, -0.15) is 0 Å². The number of hydrogen-bond acceptors (Lipinski definition) is 2. The van der Waals surface area contributed by atoms with Crippen LogP contribution in [-0.2, 0) is 4.79 Å². The first-order valence-corrected chi connectivity index (χ1v) is 10.7. The van der Waals surface area contributed by atoms with Crippen LogP contribution in [0.2, 0.25) is 0 Å². The number of ether oxygens (including phenoxy) is 1. The first-order valence-electron chi connectivity index (χ1n) is 10.7. The van der Waals surface area contributed by atoms with Crippen molar-refractivity contribution < 1.29 is 18.3 Å². The molecule has 1 fully saturated rings. The van der Waals surface area contributed by atoms with Gasteiger partial charge >= 0.3 is 5.97 Å². The van der Waals surface area contributed by atoms with Crippen LogP contribution in [0.3, 0.4) is 0 Å². The largest absolute Gasteiger partial charge is 0.426 e. The minimum absolute atomic E-state index is 0.0583. The minimum atomic E-state index is -0.899. The normalized spacial score (nSPS) is 19.7. The summed E-state index contributed by atoms with van der Waals surface area (Å²) < 4.78 is 32.3. The van der Waals surface area contributed by atoms with Gasteiger partial charge in [0.05, 0.1) is 5.92 Å². The fourth-order valence-electron chi connectivity index (χ4n) is 4.21. The molecule has 2 aromatic rings. The fraction of sp³-hybridized carbons (Fsp3) is 0.542. The maximum Gasteiger partial charge on any atom is 0.314 e. The zero-order valence-corrected chi connectivity index (χ0v) is 16.7. The summed E-state index contributed by atoms with van der Waals surface area (Å²) in [5.41, 5.74) is 0. The number of unbranched alkanes of at least 4 members (excludes halogenated alkanes) is 4. The summed E-state index contributed by atoms with van der Waals surface area (Å²) in [5, 5.41) is 1.11. The zero-order chi connectivity index (χ0) is 19.9. The molecule has 1 saturated carbocycles. The van der Waals surface area contributed by atoms with Crippen molar-refractivity contribution in [2.24, 2.45) is 11.8 Å². The van der Waals surface area contributed by atoms with Gasteiger partial charge in [-0.1, -0.05) is 51.5 Å². The summed E-state index contributed by atoms with van der Waals surface area (Å²) >= 11 is 0. The summed E-state index contributed by atoms with van der Waals surface area (Å²) in [6.07, 6.45) is 11.8. The zero-order valence-electron chi connectivity index (χ0n) is 16.7. The van der Waals surface area contributed by atoms with E-state index in [1.807, 2.05) is 0 Å². The molecule has 2 nitrogen and oxygen atoms in total. The van der Waals surface area contributed by atoms with E-state index in [4.69, 9.17) is 4.74 Å². The molecule has 0 amide bonds. The van der Waals surface area contributed by atoms with Crippen molar-refractivity contribution >= 4 is 16.7 Å². The fourth-order valence-corrected chi connectivity index (χ4v) is 4.21. The lowest BCUT2D eigenvalue weighted by Crippen LogP contribution is -2.25. The molecule has 28 heavy (non-hydrogen) atoms. The monoisotopic (exact) mass is 388 g/mol. The second-order valence-corrected chi connectivity index (χ2v) is 8.12. The maximum atomic E-state index is 13.4. The molecule has 1 aliphatic rings. The lowest BCUT2D eigenvalue weighted by Gasteiger charge is -2.27. The van der Waals surface area contributed by atoms with E-state index in [-0.39, 0.29) is 11.9 Å². The second kappa shape index (κ2) is 9.99. The Labute approximate surface area is 166 Å². The van der Waals surface area contributed by atoms with Crippen LogP contribution in [0.5, 0.6) is 5.75 Å². The summed E-state index contributed by atoms with van der Waals surface area (Å²) in [5.74, 6) is -0.908. The van der Waals surface area contributed by atoms with Crippen molar-refractivity contribution in [1.82, 2.24) is 0 Å². The number of carbonyl (C=O) groups is 1. The van der Waals surface area contributed by atoms with Gasteiger partial charge < -0.3 is 4.74 Å². The quantitative estimate of drug-likeness (QED) is 0.272. The predicted molar refractivity (Wildman–Crippen MR) is 108 cm³/mol. The lowest BCUT2D eigenvalue weighted by molar-refractivity contribution is -0.140. The Morgan fingerprint density at radius 1 is 0.929 bits per heavy atom. The van der Waals surface area contributed by atoms with Crippen molar-refractivity contribution in [3.63, 3.8) is 0 Å². The highest BCUT2D eigenvalue weighted by Crippen LogP contribution is 2.33. The standard InChI is InChI=1S/C24H30F2O2/c1-2-3-4-5-6-7-17-8-10-18(11-9-17)24(27)28-21-13-12-19-15-22(25)23(26)16-20(19)14-21/h12-18H,2-11H2,1H3. The molecule has 0 radical (unpaired) electrons. The second-order valence-electron chi connectivity index (χ2n) is 8.12. The van der Waals surface area contributed by atoms with E-state index < -0.39 is 11.6 Å². The van der Waals surface area contributed by atoms with Crippen LogP contribution in [0, 0.1) is 23.5 Å². The molecule has 3 rings (SSSR count). The van der Waals surface area contributed by atoms with Crippen molar-refractivity contribution in [3.05, 3.63) is 42.0 Å². The molecular formula is C24H30F2O2. The molecule has 0 unspecified atom stereocenters. The molecule has 0 spiro atoms. The number of benzene rings is 2. The SMILES string of the molecule is CCCCCCCC1CCC(C(=O)Oc2ccc3cc(F)c(F)cc3c2)CC1. The van der Waals surface area contributed by atoms with Gasteiger partial charge in [-0.15, -0.1) is 0 Å². The van der Waals surface area contributed by atoms with Gasteiger partial charge in [0.2, 0.25) is 0 Å². The highest BCUT2D eigenvalue weighted by Gasteiger charge is 2.27. The van der Waals surface area contributed by atoms with E-state index in [9.17, 15) is 13.6 Å². The average Bonchev–Trinajstić information content (AvgIpc) is 2.69. The number of halogens is 2. The van der Waals surface area contributed by atoms with Gasteiger partial charge in [0.25, 0.3) is 0 Å². The van der Waals surface area contributed by atoms with Crippen LogP contribution in [0.1, 0.15) is 71.1 Å². The Bertz CT molecular complexity index is 795. The van der Waals surface area contributed by atoms with Crippen molar-refractivity contribution in [2.45, 2.75) is 71.1 Å². The third-order valence-corrected chi connectivity index (χ3v) is 5.97. The highest BCUT2D eigenvalue weighted by molar-refractivity contribution is 5.85. The molecule has 1 aliphatic carbocycles. The predicted octanol–water partition coefficient (Wildman–Crippen LogP) is 7.19. The molecule has 4 heteroatoms. The number of rotatable bonds is 8. The number of carbonyl (C=O) groups excluding carboxylic acids is 1. The molecule has 0 aromatic heterocycles. The minimum Gasteiger partial charge on any atom is -0.426 e. The van der Waals surface area contributed by atoms with E-state index in [1.54, 1.807) is 18.2 Å². The molecular weight excluding hydrogens is 358 g/mol. The van der Waals surface area contributed by atoms with Gasteiger partial charge in [0.15, 0.2) is 11.6 Å². The summed E-state index contributed by atoms with van der Waals surface area (Å²) in [6.45, 7) is 2.23. The molecule has 0 heterocycles. The average molecular weight is 388 g/mol. The van der Waals surface area contributed by atoms with Crippen LogP contribution in [0.25, 0.3) is 10.8 Å². The van der Waals surface area contributed by atoms with E-state index in [0.717, 1.165) is 43.7 Å². The molecule has 0 atom stereocenters. The van der Waals surface area contributed by atoms with Crippen LogP contribution in [0.15, 0.2) is 30.3 Å². The number of fused-ring (bicyclic) bond motifs is 1. The summed E-state index contributed by atoms with van der Waals surface area (Å²) in [4.78, 5) is 12.5. The Morgan fingerprint density at radius 3 is 2.32 bits per heavy atom. The van der Waals surface area contributed by atoms with Crippen molar-refractivity contribution in [3.8, 4) is 5.75 Å². The van der Waals surface area contributed by atoms with E-state index >= 15 is 0 Å². The highest BCUT2D eigenvalue weighted by atomic mass is 19.2. The number of esters is 1. The lowest BCUT2D eigenvalue weighted by atomic mass is 9.80. The molecule has 0 aliphatic heterocycles. The van der Waals surface area contributed by atoms with Crippen LogP contribution in [0.4, 0.5) is 8.78 Å². The number of hydrogen-bond donors (Lipinski definition) is 0. The Balaban J connectivity index is 1.48. The first kappa shape index (κ1) is 20.8. The molecule has 0 N–H and O–H groups in total. The first-order chi connectivity index (χ1) is 13.6. The van der Waals surface area contributed by atoms with Gasteiger partial charge in [0, 0.05) is 0 Å². The molecule has 0 bridgehead atoms. The maximum absolute atomic E-state index is 13.4. The van der Waals surface area contributed by atoms with E-state index in [0.29, 0.717) is 16.5 Å². The Morgan fingerprint density at radius 2 is 1.61 bits per heavy atom. The third kappa shape index (κ3) is 5.52. The van der Waals surface area contributed by atoms with Gasteiger partial charge in [-0.05, 0) is 66.6 Å². The Hall–Kier alpha value is -1.97. The van der Waals surface area contributed by atoms with Gasteiger partial charge in [-0.25, -0.2) is 8.78 Å². The van der Waals surface area contributed by atoms with E-state index in [1.165, 1.54) is 38.5 Å². The smallest absolute Gasteiger partial charge is 0.314 e. The summed E-state index contributed by atoms with van der Waals surface area (Å²) in [6, 6.07) is 7.17. The molecule has 2 aromatic carbocycles.